The first-order chi connectivity index (χ1) is 10.6. The Morgan fingerprint density at radius 3 is 2.77 bits per heavy atom. The van der Waals surface area contributed by atoms with E-state index in [2.05, 4.69) is 60.7 Å². The maximum absolute atomic E-state index is 4.79. The monoisotopic (exact) mass is 314 g/mol. The van der Waals surface area contributed by atoms with E-state index in [1.807, 2.05) is 0 Å². The van der Waals surface area contributed by atoms with Crippen LogP contribution in [-0.2, 0) is 6.54 Å². The molecule has 0 amide bonds. The molecule has 2 heterocycles. The maximum Gasteiger partial charge on any atom is 0.211 e. The summed E-state index contributed by atoms with van der Waals surface area (Å²) in [6.07, 6.45) is 2.31. The van der Waals surface area contributed by atoms with Crippen molar-refractivity contribution in [1.29, 1.82) is 0 Å². The van der Waals surface area contributed by atoms with Crippen LogP contribution in [0.5, 0.6) is 0 Å². The van der Waals surface area contributed by atoms with Gasteiger partial charge in [0, 0.05) is 17.2 Å². The molecule has 0 saturated carbocycles. The average Bonchev–Trinajstić information content (AvgIpc) is 2.77. The molecule has 2 aromatic heterocycles. The van der Waals surface area contributed by atoms with Gasteiger partial charge in [-0.1, -0.05) is 50.6 Å². The van der Waals surface area contributed by atoms with Crippen LogP contribution < -0.4 is 0 Å². The van der Waals surface area contributed by atoms with Gasteiger partial charge in [0.2, 0.25) is 5.16 Å². The van der Waals surface area contributed by atoms with Gasteiger partial charge in [0.15, 0.2) is 5.65 Å². The Morgan fingerprint density at radius 2 is 2.05 bits per heavy atom. The molecule has 0 bridgehead atoms. The Hall–Kier alpha value is -1.62. The number of aryl methyl sites for hydroxylation is 2. The largest absolute Gasteiger partial charge is 0.324 e. The molecule has 1 aromatic carbocycles. The number of rotatable bonds is 5. The number of benzene rings is 1. The Kier molecular flexibility index (Phi) is 4.34. The van der Waals surface area contributed by atoms with Crippen molar-refractivity contribution in [1.82, 2.24) is 19.7 Å². The van der Waals surface area contributed by atoms with Crippen LogP contribution in [0.4, 0.5) is 0 Å². The van der Waals surface area contributed by atoms with Crippen LogP contribution in [0.15, 0.2) is 23.4 Å². The van der Waals surface area contributed by atoms with Crippen molar-refractivity contribution in [2.45, 2.75) is 57.5 Å². The third-order valence-electron chi connectivity index (χ3n) is 3.68. The SMILES string of the molecule is CCCCn1c2ccc(C)cc2c2nnc(SC(C)C)nc21. The molecule has 0 aliphatic heterocycles. The normalized spacial score (nSPS) is 11.9. The summed E-state index contributed by atoms with van der Waals surface area (Å²) in [7, 11) is 0. The summed E-state index contributed by atoms with van der Waals surface area (Å²) in [5.41, 5.74) is 4.34. The van der Waals surface area contributed by atoms with E-state index in [0.29, 0.717) is 5.25 Å². The molecular formula is C17H22N4S. The topological polar surface area (TPSA) is 43.6 Å². The fourth-order valence-electron chi connectivity index (χ4n) is 2.66. The smallest absolute Gasteiger partial charge is 0.211 e. The summed E-state index contributed by atoms with van der Waals surface area (Å²) in [5.74, 6) is 0. The summed E-state index contributed by atoms with van der Waals surface area (Å²) < 4.78 is 2.30. The molecular weight excluding hydrogens is 292 g/mol. The van der Waals surface area contributed by atoms with E-state index in [1.54, 1.807) is 11.8 Å². The van der Waals surface area contributed by atoms with Crippen LogP contribution in [0.2, 0.25) is 0 Å². The molecule has 0 spiro atoms. The van der Waals surface area contributed by atoms with Crippen LogP contribution in [0, 0.1) is 6.92 Å². The minimum Gasteiger partial charge on any atom is -0.324 e. The molecule has 0 radical (unpaired) electrons. The van der Waals surface area contributed by atoms with E-state index >= 15 is 0 Å². The van der Waals surface area contributed by atoms with Gasteiger partial charge in [-0.15, -0.1) is 10.2 Å². The first-order valence-electron chi connectivity index (χ1n) is 7.90. The van der Waals surface area contributed by atoms with Crippen LogP contribution >= 0.6 is 11.8 Å². The molecule has 22 heavy (non-hydrogen) atoms. The Morgan fingerprint density at radius 1 is 1.23 bits per heavy atom. The highest BCUT2D eigenvalue weighted by Gasteiger charge is 2.15. The molecule has 3 rings (SSSR count). The molecule has 0 atom stereocenters. The van der Waals surface area contributed by atoms with Crippen LogP contribution in [-0.4, -0.2) is 25.0 Å². The molecule has 4 nitrogen and oxygen atoms in total. The zero-order chi connectivity index (χ0) is 15.7. The zero-order valence-electron chi connectivity index (χ0n) is 13.6. The summed E-state index contributed by atoms with van der Waals surface area (Å²) in [4.78, 5) is 4.79. The summed E-state index contributed by atoms with van der Waals surface area (Å²) >= 11 is 1.66. The number of nitrogens with zero attached hydrogens (tertiary/aromatic N) is 4. The minimum atomic E-state index is 0.454. The van der Waals surface area contributed by atoms with E-state index in [-0.39, 0.29) is 0 Å². The Labute approximate surface area is 135 Å². The van der Waals surface area contributed by atoms with Crippen LogP contribution in [0.1, 0.15) is 39.2 Å². The molecule has 0 N–H and O–H groups in total. The van der Waals surface area contributed by atoms with Crippen molar-refractivity contribution in [2.24, 2.45) is 0 Å². The van der Waals surface area contributed by atoms with Crippen molar-refractivity contribution < 1.29 is 0 Å². The van der Waals surface area contributed by atoms with Gasteiger partial charge in [0.05, 0.1) is 5.52 Å². The van der Waals surface area contributed by atoms with Crippen molar-refractivity contribution in [3.8, 4) is 0 Å². The zero-order valence-corrected chi connectivity index (χ0v) is 14.4. The Bertz CT molecular complexity index is 807. The second kappa shape index (κ2) is 6.24. The van der Waals surface area contributed by atoms with Gasteiger partial charge in [0.25, 0.3) is 0 Å². The van der Waals surface area contributed by atoms with Gasteiger partial charge in [-0.3, -0.25) is 0 Å². The lowest BCUT2D eigenvalue weighted by molar-refractivity contribution is 0.656. The van der Waals surface area contributed by atoms with Gasteiger partial charge in [-0.05, 0) is 25.5 Å². The van der Waals surface area contributed by atoms with Gasteiger partial charge < -0.3 is 4.57 Å². The van der Waals surface area contributed by atoms with E-state index in [9.17, 15) is 0 Å². The molecule has 0 unspecified atom stereocenters. The summed E-state index contributed by atoms with van der Waals surface area (Å²) in [5, 5.41) is 11.2. The maximum atomic E-state index is 4.79. The molecule has 116 valence electrons. The standard InChI is InChI=1S/C17H22N4S/c1-5-6-9-21-14-8-7-12(4)10-13(14)15-16(21)18-17(20-19-15)22-11(2)3/h7-8,10-11H,5-6,9H2,1-4H3. The number of hydrogen-bond donors (Lipinski definition) is 0. The highest BCUT2D eigenvalue weighted by Crippen LogP contribution is 2.29. The van der Waals surface area contributed by atoms with Gasteiger partial charge in [-0.25, -0.2) is 4.98 Å². The first kappa shape index (κ1) is 15.3. The third kappa shape index (κ3) is 2.82. The highest BCUT2D eigenvalue weighted by molar-refractivity contribution is 7.99. The number of unbranched alkanes of at least 4 members (excludes halogenated alkanes) is 1. The highest BCUT2D eigenvalue weighted by atomic mass is 32.2. The van der Waals surface area contributed by atoms with Crippen LogP contribution in [0.25, 0.3) is 22.1 Å². The number of thioether (sulfide) groups is 1. The van der Waals surface area contributed by atoms with E-state index < -0.39 is 0 Å². The quantitative estimate of drug-likeness (QED) is 0.646. The molecule has 0 aliphatic rings. The predicted octanol–water partition coefficient (Wildman–Crippen LogP) is 4.59. The summed E-state index contributed by atoms with van der Waals surface area (Å²) in [6, 6.07) is 6.52. The minimum absolute atomic E-state index is 0.454. The van der Waals surface area contributed by atoms with E-state index in [4.69, 9.17) is 4.98 Å². The lowest BCUT2D eigenvalue weighted by Gasteiger charge is -2.06. The average molecular weight is 314 g/mol. The first-order valence-corrected chi connectivity index (χ1v) is 8.78. The van der Waals surface area contributed by atoms with Crippen molar-refractivity contribution in [3.63, 3.8) is 0 Å². The fourth-order valence-corrected chi connectivity index (χ4v) is 3.31. The predicted molar refractivity (Wildman–Crippen MR) is 93.5 cm³/mol. The molecule has 3 aromatic rings. The van der Waals surface area contributed by atoms with E-state index in [0.717, 1.165) is 34.7 Å². The molecule has 0 fully saturated rings. The van der Waals surface area contributed by atoms with Gasteiger partial charge >= 0.3 is 0 Å². The lowest BCUT2D eigenvalue weighted by Crippen LogP contribution is -2.01. The second-order valence-corrected chi connectivity index (χ2v) is 7.50. The lowest BCUT2D eigenvalue weighted by atomic mass is 10.2. The van der Waals surface area contributed by atoms with Crippen molar-refractivity contribution >= 4 is 33.8 Å². The molecule has 5 heteroatoms. The van der Waals surface area contributed by atoms with Crippen LogP contribution in [0.3, 0.4) is 0 Å². The van der Waals surface area contributed by atoms with Crippen molar-refractivity contribution in [3.05, 3.63) is 23.8 Å². The van der Waals surface area contributed by atoms with Crippen molar-refractivity contribution in [2.75, 3.05) is 0 Å². The van der Waals surface area contributed by atoms with E-state index in [1.165, 1.54) is 17.5 Å². The number of aromatic nitrogens is 4. The van der Waals surface area contributed by atoms with Gasteiger partial charge in [0.1, 0.15) is 5.52 Å². The second-order valence-electron chi connectivity index (χ2n) is 5.96. The number of fused-ring (bicyclic) bond motifs is 3. The Balaban J connectivity index is 2.23. The van der Waals surface area contributed by atoms with Gasteiger partial charge in [-0.2, -0.15) is 0 Å². The third-order valence-corrected chi connectivity index (χ3v) is 4.53. The molecule has 0 aliphatic carbocycles. The number of hydrogen-bond acceptors (Lipinski definition) is 4. The fraction of sp³-hybridized carbons (Fsp3) is 0.471. The summed E-state index contributed by atoms with van der Waals surface area (Å²) in [6.45, 7) is 9.59. The molecule has 0 saturated heterocycles.